The molecule has 0 aliphatic carbocycles. The van der Waals surface area contributed by atoms with Crippen molar-refractivity contribution >= 4 is 16.7 Å². The smallest absolute Gasteiger partial charge is 0.297 e. The number of H-pyrrole nitrogens is 1. The highest BCUT2D eigenvalue weighted by Crippen LogP contribution is 2.18. The summed E-state index contributed by atoms with van der Waals surface area (Å²) in [6.07, 6.45) is 6.11. The number of nitrogens with one attached hydrogen (secondary N) is 2. The minimum atomic E-state index is -0.175. The number of ether oxygens (including phenoxy) is 1. The van der Waals surface area contributed by atoms with Gasteiger partial charge in [0, 0.05) is 41.7 Å². The normalized spacial score (nSPS) is 10.9. The topological polar surface area (TPSA) is 71.9 Å². The summed E-state index contributed by atoms with van der Waals surface area (Å²) >= 11 is 0. The quantitative estimate of drug-likeness (QED) is 0.517. The molecule has 0 atom stereocenters. The van der Waals surface area contributed by atoms with Crippen LogP contribution < -0.4 is 15.6 Å². The molecule has 142 valence electrons. The Balaban J connectivity index is 1.48. The lowest BCUT2D eigenvalue weighted by Crippen LogP contribution is -2.24. The van der Waals surface area contributed by atoms with E-state index in [2.05, 4.69) is 27.4 Å². The van der Waals surface area contributed by atoms with Gasteiger partial charge in [-0.2, -0.15) is 0 Å². The van der Waals surface area contributed by atoms with Crippen LogP contribution in [-0.2, 0) is 6.42 Å². The van der Waals surface area contributed by atoms with E-state index in [9.17, 15) is 4.79 Å². The average Bonchev–Trinajstić information content (AvgIpc) is 3.14. The first-order valence-corrected chi connectivity index (χ1v) is 9.36. The Morgan fingerprint density at radius 3 is 2.79 bits per heavy atom. The third kappa shape index (κ3) is 3.62. The zero-order chi connectivity index (χ0) is 19.3. The first-order chi connectivity index (χ1) is 13.8. The van der Waals surface area contributed by atoms with Crippen molar-refractivity contribution in [2.75, 3.05) is 18.5 Å². The van der Waals surface area contributed by atoms with Gasteiger partial charge in [0.25, 0.3) is 5.56 Å². The first kappa shape index (κ1) is 17.9. The highest BCUT2D eigenvalue weighted by Gasteiger charge is 2.08. The number of para-hydroxylation sites is 1. The van der Waals surface area contributed by atoms with Crippen LogP contribution in [-0.4, -0.2) is 27.7 Å². The summed E-state index contributed by atoms with van der Waals surface area (Å²) in [6.45, 7) is 3.17. The van der Waals surface area contributed by atoms with Gasteiger partial charge in [-0.15, -0.1) is 0 Å². The SMILES string of the molecule is CCOc1ccc(-n2ccnc(NCCc3c[nH]c4ccccc34)c2=O)cc1. The third-order valence-corrected chi connectivity index (χ3v) is 4.63. The monoisotopic (exact) mass is 374 g/mol. The largest absolute Gasteiger partial charge is 0.494 e. The van der Waals surface area contributed by atoms with Gasteiger partial charge < -0.3 is 15.0 Å². The van der Waals surface area contributed by atoms with Crippen molar-refractivity contribution in [1.29, 1.82) is 0 Å². The van der Waals surface area contributed by atoms with Gasteiger partial charge in [0.2, 0.25) is 0 Å². The van der Waals surface area contributed by atoms with E-state index in [-0.39, 0.29) is 5.56 Å². The maximum Gasteiger partial charge on any atom is 0.297 e. The van der Waals surface area contributed by atoms with Crippen molar-refractivity contribution < 1.29 is 4.74 Å². The summed E-state index contributed by atoms with van der Waals surface area (Å²) in [5, 5.41) is 4.38. The zero-order valence-electron chi connectivity index (χ0n) is 15.7. The van der Waals surface area contributed by atoms with Gasteiger partial charge in [-0.1, -0.05) is 18.2 Å². The van der Waals surface area contributed by atoms with E-state index in [0.29, 0.717) is 19.0 Å². The molecule has 0 bridgehead atoms. The molecule has 2 aromatic carbocycles. The Morgan fingerprint density at radius 2 is 1.96 bits per heavy atom. The van der Waals surface area contributed by atoms with Gasteiger partial charge >= 0.3 is 0 Å². The fourth-order valence-corrected chi connectivity index (χ4v) is 3.26. The number of hydrogen-bond donors (Lipinski definition) is 2. The molecule has 0 saturated heterocycles. The van der Waals surface area contributed by atoms with Gasteiger partial charge in [0.1, 0.15) is 5.75 Å². The maximum absolute atomic E-state index is 12.8. The summed E-state index contributed by atoms with van der Waals surface area (Å²) in [7, 11) is 0. The van der Waals surface area contributed by atoms with E-state index in [4.69, 9.17) is 4.74 Å². The molecular weight excluding hydrogens is 352 g/mol. The van der Waals surface area contributed by atoms with Crippen molar-refractivity contribution in [3.63, 3.8) is 0 Å². The predicted octanol–water partition coefficient (Wildman–Crippen LogP) is 3.77. The van der Waals surface area contributed by atoms with Gasteiger partial charge in [-0.25, -0.2) is 4.98 Å². The zero-order valence-corrected chi connectivity index (χ0v) is 15.7. The van der Waals surface area contributed by atoms with Crippen LogP contribution in [0.4, 0.5) is 5.82 Å². The second-order valence-electron chi connectivity index (χ2n) is 6.41. The van der Waals surface area contributed by atoms with Crippen molar-refractivity contribution in [1.82, 2.24) is 14.5 Å². The molecule has 4 rings (SSSR count). The lowest BCUT2D eigenvalue weighted by Gasteiger charge is -2.10. The summed E-state index contributed by atoms with van der Waals surface area (Å²) in [6, 6.07) is 15.6. The Hall–Kier alpha value is -3.54. The van der Waals surface area contributed by atoms with Crippen LogP contribution in [0, 0.1) is 0 Å². The van der Waals surface area contributed by atoms with E-state index < -0.39 is 0 Å². The van der Waals surface area contributed by atoms with E-state index >= 15 is 0 Å². The van der Waals surface area contributed by atoms with Crippen molar-refractivity contribution in [2.24, 2.45) is 0 Å². The molecular formula is C22H22N4O2. The van der Waals surface area contributed by atoms with Gasteiger partial charge in [-0.05, 0) is 49.2 Å². The standard InChI is InChI=1S/C22H22N4O2/c1-2-28-18-9-7-17(8-10-18)26-14-13-24-21(22(26)27)23-12-11-16-15-25-20-6-4-3-5-19(16)20/h3-10,13-15,25H,2,11-12H2,1H3,(H,23,24). The summed E-state index contributed by atoms with van der Waals surface area (Å²) in [5.74, 6) is 1.13. The molecule has 0 fully saturated rings. The molecule has 0 unspecified atom stereocenters. The Kier molecular flexibility index (Phi) is 5.10. The molecule has 2 N–H and O–H groups in total. The molecule has 0 saturated carbocycles. The number of nitrogens with zero attached hydrogens (tertiary/aromatic N) is 2. The number of aromatic nitrogens is 3. The Morgan fingerprint density at radius 1 is 1.14 bits per heavy atom. The molecule has 4 aromatic rings. The molecule has 0 aliphatic rings. The van der Waals surface area contributed by atoms with Gasteiger partial charge in [-0.3, -0.25) is 9.36 Å². The molecule has 0 spiro atoms. The Labute approximate surface area is 162 Å². The number of fused-ring (bicyclic) bond motifs is 1. The fourth-order valence-electron chi connectivity index (χ4n) is 3.26. The van der Waals surface area contributed by atoms with Crippen LogP contribution in [0.2, 0.25) is 0 Å². The van der Waals surface area contributed by atoms with Crippen LogP contribution in [0.5, 0.6) is 5.75 Å². The molecule has 0 aliphatic heterocycles. The minimum Gasteiger partial charge on any atom is -0.494 e. The number of rotatable bonds is 7. The Bertz CT molecular complexity index is 1130. The molecule has 6 heteroatoms. The number of hydrogen-bond acceptors (Lipinski definition) is 4. The highest BCUT2D eigenvalue weighted by atomic mass is 16.5. The van der Waals surface area contributed by atoms with Crippen LogP contribution in [0.25, 0.3) is 16.6 Å². The molecule has 2 aromatic heterocycles. The van der Waals surface area contributed by atoms with Crippen LogP contribution in [0.3, 0.4) is 0 Å². The fraction of sp³-hybridized carbons (Fsp3) is 0.182. The van der Waals surface area contributed by atoms with E-state index in [1.54, 1.807) is 17.0 Å². The third-order valence-electron chi connectivity index (χ3n) is 4.63. The second-order valence-corrected chi connectivity index (χ2v) is 6.41. The lowest BCUT2D eigenvalue weighted by molar-refractivity contribution is 0.340. The van der Waals surface area contributed by atoms with Crippen molar-refractivity contribution in [3.05, 3.63) is 83.0 Å². The van der Waals surface area contributed by atoms with Crippen LogP contribution in [0.1, 0.15) is 12.5 Å². The summed E-state index contributed by atoms with van der Waals surface area (Å²) < 4.78 is 7.04. The first-order valence-electron chi connectivity index (χ1n) is 9.36. The van der Waals surface area contributed by atoms with Crippen LogP contribution >= 0.6 is 0 Å². The summed E-state index contributed by atoms with van der Waals surface area (Å²) in [5.41, 5.74) is 2.93. The molecule has 2 heterocycles. The van der Waals surface area contributed by atoms with Crippen molar-refractivity contribution in [2.45, 2.75) is 13.3 Å². The van der Waals surface area contributed by atoms with E-state index in [0.717, 1.165) is 23.4 Å². The molecule has 28 heavy (non-hydrogen) atoms. The van der Waals surface area contributed by atoms with E-state index in [1.165, 1.54) is 10.9 Å². The number of benzene rings is 2. The maximum atomic E-state index is 12.8. The molecule has 0 radical (unpaired) electrons. The molecule has 0 amide bonds. The number of anilines is 1. The average molecular weight is 374 g/mol. The van der Waals surface area contributed by atoms with Crippen LogP contribution in [0.15, 0.2) is 71.9 Å². The predicted molar refractivity (Wildman–Crippen MR) is 111 cm³/mol. The number of aromatic amines is 1. The van der Waals surface area contributed by atoms with Gasteiger partial charge in [0.05, 0.1) is 6.61 Å². The highest BCUT2D eigenvalue weighted by molar-refractivity contribution is 5.83. The van der Waals surface area contributed by atoms with Gasteiger partial charge in [0.15, 0.2) is 5.82 Å². The lowest BCUT2D eigenvalue weighted by atomic mass is 10.1. The van der Waals surface area contributed by atoms with E-state index in [1.807, 2.05) is 49.5 Å². The second kappa shape index (κ2) is 8.00. The van der Waals surface area contributed by atoms with Crippen molar-refractivity contribution in [3.8, 4) is 11.4 Å². The molecule has 6 nitrogen and oxygen atoms in total. The minimum absolute atomic E-state index is 0.175. The summed E-state index contributed by atoms with van der Waals surface area (Å²) in [4.78, 5) is 20.3.